The minimum absolute atomic E-state index is 0.604. The van der Waals surface area contributed by atoms with Gasteiger partial charge in [-0.1, -0.05) is 18.5 Å². The third-order valence-corrected chi connectivity index (χ3v) is 4.45. The predicted octanol–water partition coefficient (Wildman–Crippen LogP) is 3.84. The normalized spacial score (nSPS) is 18.3. The fraction of sp³-hybridized carbons (Fsp3) is 0.538. The zero-order valence-electron chi connectivity index (χ0n) is 10.0. The number of halogens is 2. The van der Waals surface area contributed by atoms with Gasteiger partial charge in [0.2, 0.25) is 0 Å². The molecule has 1 fully saturated rings. The molecule has 17 heavy (non-hydrogen) atoms. The van der Waals surface area contributed by atoms with Crippen molar-refractivity contribution in [2.24, 2.45) is 0 Å². The van der Waals surface area contributed by atoms with Crippen molar-refractivity contribution in [3.63, 3.8) is 0 Å². The van der Waals surface area contributed by atoms with Gasteiger partial charge in [-0.3, -0.25) is 0 Å². The smallest absolute Gasteiger partial charge is 0.0479 e. The van der Waals surface area contributed by atoms with Gasteiger partial charge in [-0.05, 0) is 60.2 Å². The van der Waals surface area contributed by atoms with Crippen LogP contribution in [-0.2, 0) is 0 Å². The summed E-state index contributed by atoms with van der Waals surface area (Å²) in [7, 11) is 0. The first kappa shape index (κ1) is 13.4. The second kappa shape index (κ2) is 6.25. The van der Waals surface area contributed by atoms with Gasteiger partial charge in [-0.2, -0.15) is 0 Å². The molecule has 0 aliphatic carbocycles. The van der Waals surface area contributed by atoms with E-state index in [0.29, 0.717) is 6.04 Å². The molecule has 0 spiro atoms. The predicted molar refractivity (Wildman–Crippen MR) is 82.9 cm³/mol. The van der Waals surface area contributed by atoms with Gasteiger partial charge < -0.3 is 10.2 Å². The molecular weight excluding hydrogens is 347 g/mol. The summed E-state index contributed by atoms with van der Waals surface area (Å²) < 4.78 is 1.20. The number of piperidine rings is 1. The summed E-state index contributed by atoms with van der Waals surface area (Å²) in [6, 6.07) is 6.64. The number of likely N-dealkylation sites (tertiary alicyclic amines) is 1. The van der Waals surface area contributed by atoms with E-state index in [4.69, 9.17) is 11.6 Å². The maximum absolute atomic E-state index is 5.96. The van der Waals surface area contributed by atoms with Gasteiger partial charge in [-0.15, -0.1) is 0 Å². The Balaban J connectivity index is 1.93. The molecule has 0 unspecified atom stereocenters. The Morgan fingerprint density at radius 3 is 2.71 bits per heavy atom. The quantitative estimate of drug-likeness (QED) is 0.820. The van der Waals surface area contributed by atoms with Crippen LogP contribution in [0.5, 0.6) is 0 Å². The third kappa shape index (κ3) is 3.73. The number of hydrogen-bond acceptors (Lipinski definition) is 2. The standard InChI is InChI=1S/C13H18ClIN2/c1-2-17-7-5-11(6-8-17)16-13-4-3-10(14)9-12(13)15/h3-4,9,11,16H,2,5-8H2,1H3. The molecule has 0 atom stereocenters. The number of benzene rings is 1. The Kier molecular flexibility index (Phi) is 4.94. The first-order chi connectivity index (χ1) is 8.19. The second-order valence-corrected chi connectivity index (χ2v) is 6.08. The maximum Gasteiger partial charge on any atom is 0.0479 e. The summed E-state index contributed by atoms with van der Waals surface area (Å²) in [5.74, 6) is 0. The fourth-order valence-electron chi connectivity index (χ4n) is 2.22. The highest BCUT2D eigenvalue weighted by molar-refractivity contribution is 14.1. The minimum atomic E-state index is 0.604. The summed E-state index contributed by atoms with van der Waals surface area (Å²) in [6.45, 7) is 5.82. The summed E-state index contributed by atoms with van der Waals surface area (Å²) in [5.41, 5.74) is 1.21. The van der Waals surface area contributed by atoms with E-state index in [0.717, 1.165) is 5.02 Å². The monoisotopic (exact) mass is 364 g/mol. The topological polar surface area (TPSA) is 15.3 Å². The molecule has 2 nitrogen and oxygen atoms in total. The van der Waals surface area contributed by atoms with Crippen LogP contribution in [0.1, 0.15) is 19.8 Å². The van der Waals surface area contributed by atoms with Gasteiger partial charge in [0.1, 0.15) is 0 Å². The van der Waals surface area contributed by atoms with Crippen LogP contribution >= 0.6 is 34.2 Å². The first-order valence-electron chi connectivity index (χ1n) is 6.13. The molecule has 1 aliphatic rings. The van der Waals surface area contributed by atoms with Crippen molar-refractivity contribution in [1.82, 2.24) is 4.90 Å². The summed E-state index contributed by atoms with van der Waals surface area (Å²) in [4.78, 5) is 2.50. The number of nitrogens with zero attached hydrogens (tertiary/aromatic N) is 1. The van der Waals surface area contributed by atoms with Crippen molar-refractivity contribution in [2.45, 2.75) is 25.8 Å². The summed E-state index contributed by atoms with van der Waals surface area (Å²) in [6.07, 6.45) is 2.46. The molecule has 1 aromatic rings. The second-order valence-electron chi connectivity index (χ2n) is 4.48. The molecule has 1 aliphatic heterocycles. The molecular formula is C13H18ClIN2. The molecule has 1 N–H and O–H groups in total. The van der Waals surface area contributed by atoms with E-state index in [2.05, 4.69) is 45.8 Å². The Bertz CT molecular complexity index is 376. The van der Waals surface area contributed by atoms with Crippen LogP contribution in [0.2, 0.25) is 5.02 Å². The van der Waals surface area contributed by atoms with E-state index in [1.54, 1.807) is 0 Å². The zero-order valence-corrected chi connectivity index (χ0v) is 13.0. The van der Waals surface area contributed by atoms with Crippen molar-refractivity contribution < 1.29 is 0 Å². The molecule has 0 radical (unpaired) electrons. The number of anilines is 1. The van der Waals surface area contributed by atoms with Gasteiger partial charge in [0.25, 0.3) is 0 Å². The fourth-order valence-corrected chi connectivity index (χ4v) is 3.25. The Labute approximate surface area is 122 Å². The van der Waals surface area contributed by atoms with E-state index in [1.807, 2.05) is 12.1 Å². The summed E-state index contributed by atoms with van der Waals surface area (Å²) >= 11 is 8.29. The van der Waals surface area contributed by atoms with E-state index in [1.165, 1.54) is 41.7 Å². The van der Waals surface area contributed by atoms with Crippen molar-refractivity contribution in [2.75, 3.05) is 25.0 Å². The highest BCUT2D eigenvalue weighted by atomic mass is 127. The van der Waals surface area contributed by atoms with E-state index >= 15 is 0 Å². The van der Waals surface area contributed by atoms with E-state index < -0.39 is 0 Å². The molecule has 1 heterocycles. The highest BCUT2D eigenvalue weighted by Gasteiger charge is 2.18. The Morgan fingerprint density at radius 1 is 1.41 bits per heavy atom. The molecule has 1 aromatic carbocycles. The lowest BCUT2D eigenvalue weighted by atomic mass is 10.0. The molecule has 0 aromatic heterocycles. The maximum atomic E-state index is 5.96. The van der Waals surface area contributed by atoms with E-state index in [9.17, 15) is 0 Å². The minimum Gasteiger partial charge on any atom is -0.381 e. The van der Waals surface area contributed by atoms with Crippen LogP contribution in [0.25, 0.3) is 0 Å². The molecule has 1 saturated heterocycles. The average Bonchev–Trinajstić information content (AvgIpc) is 2.34. The number of nitrogens with one attached hydrogen (secondary N) is 1. The molecule has 2 rings (SSSR count). The van der Waals surface area contributed by atoms with Crippen LogP contribution in [0, 0.1) is 3.57 Å². The molecule has 0 bridgehead atoms. The number of hydrogen-bond donors (Lipinski definition) is 1. The van der Waals surface area contributed by atoms with Crippen molar-refractivity contribution >= 4 is 39.9 Å². The van der Waals surface area contributed by atoms with Crippen LogP contribution in [0.15, 0.2) is 18.2 Å². The van der Waals surface area contributed by atoms with Gasteiger partial charge >= 0.3 is 0 Å². The average molecular weight is 365 g/mol. The van der Waals surface area contributed by atoms with Gasteiger partial charge in [-0.25, -0.2) is 0 Å². The van der Waals surface area contributed by atoms with Gasteiger partial charge in [0.15, 0.2) is 0 Å². The van der Waals surface area contributed by atoms with Crippen molar-refractivity contribution in [3.8, 4) is 0 Å². The van der Waals surface area contributed by atoms with Crippen LogP contribution in [0.3, 0.4) is 0 Å². The first-order valence-corrected chi connectivity index (χ1v) is 7.58. The highest BCUT2D eigenvalue weighted by Crippen LogP contribution is 2.24. The SMILES string of the molecule is CCN1CCC(Nc2ccc(Cl)cc2I)CC1. The van der Waals surface area contributed by atoms with Crippen LogP contribution < -0.4 is 5.32 Å². The molecule has 4 heteroatoms. The molecule has 0 saturated carbocycles. The van der Waals surface area contributed by atoms with Crippen molar-refractivity contribution in [1.29, 1.82) is 0 Å². The lowest BCUT2D eigenvalue weighted by molar-refractivity contribution is 0.229. The van der Waals surface area contributed by atoms with E-state index in [-0.39, 0.29) is 0 Å². The van der Waals surface area contributed by atoms with Crippen LogP contribution in [0.4, 0.5) is 5.69 Å². The zero-order chi connectivity index (χ0) is 12.3. The number of rotatable bonds is 3. The lowest BCUT2D eigenvalue weighted by Gasteiger charge is -2.32. The van der Waals surface area contributed by atoms with Gasteiger partial charge in [0, 0.05) is 33.4 Å². The largest absolute Gasteiger partial charge is 0.381 e. The van der Waals surface area contributed by atoms with Gasteiger partial charge in [0.05, 0.1) is 0 Å². The summed E-state index contributed by atoms with van der Waals surface area (Å²) in [5, 5.41) is 4.43. The lowest BCUT2D eigenvalue weighted by Crippen LogP contribution is -2.38. The molecule has 0 amide bonds. The van der Waals surface area contributed by atoms with Crippen molar-refractivity contribution in [3.05, 3.63) is 26.8 Å². The Morgan fingerprint density at radius 2 is 2.12 bits per heavy atom. The van der Waals surface area contributed by atoms with Crippen LogP contribution in [-0.4, -0.2) is 30.6 Å². The Hall–Kier alpha value is -0.000000000000000111. The third-order valence-electron chi connectivity index (χ3n) is 3.33. The molecule has 94 valence electrons.